The summed E-state index contributed by atoms with van der Waals surface area (Å²) in [6, 6.07) is 8.44. The maximum absolute atomic E-state index is 6.02. The van der Waals surface area contributed by atoms with Crippen LogP contribution >= 0.6 is 24.0 Å². The van der Waals surface area contributed by atoms with Crippen molar-refractivity contribution in [3.63, 3.8) is 0 Å². The van der Waals surface area contributed by atoms with Crippen molar-refractivity contribution in [1.29, 1.82) is 0 Å². The Morgan fingerprint density at radius 1 is 1.25 bits per heavy atom. The number of hydrogen-bond donors (Lipinski definition) is 2. The second kappa shape index (κ2) is 11.7. The predicted molar refractivity (Wildman–Crippen MR) is 125 cm³/mol. The molecule has 0 bridgehead atoms. The molecule has 0 amide bonds. The van der Waals surface area contributed by atoms with E-state index in [1.165, 1.54) is 19.4 Å². The minimum atomic E-state index is -0.0186. The average molecular weight is 502 g/mol. The first-order valence-electron chi connectivity index (χ1n) is 10.3. The topological polar surface area (TPSA) is 58.1 Å². The van der Waals surface area contributed by atoms with Gasteiger partial charge in [-0.25, -0.2) is 0 Å². The highest BCUT2D eigenvalue weighted by atomic mass is 127. The number of hydrogen-bond acceptors (Lipinski definition) is 4. The van der Waals surface area contributed by atoms with Crippen molar-refractivity contribution in [1.82, 2.24) is 15.5 Å². The summed E-state index contributed by atoms with van der Waals surface area (Å²) in [5, 5.41) is 6.76. The van der Waals surface area contributed by atoms with Crippen LogP contribution in [-0.2, 0) is 0 Å². The zero-order valence-electron chi connectivity index (χ0n) is 17.3. The van der Waals surface area contributed by atoms with E-state index in [9.17, 15) is 0 Å². The van der Waals surface area contributed by atoms with Crippen LogP contribution in [0, 0.1) is 5.92 Å². The Labute approximate surface area is 186 Å². The van der Waals surface area contributed by atoms with E-state index in [4.69, 9.17) is 14.5 Å². The molecule has 2 heterocycles. The zero-order chi connectivity index (χ0) is 19.1. The fourth-order valence-corrected chi connectivity index (χ4v) is 3.65. The minimum Gasteiger partial charge on any atom is -0.486 e. The van der Waals surface area contributed by atoms with E-state index < -0.39 is 0 Å². The first-order chi connectivity index (χ1) is 13.2. The van der Waals surface area contributed by atoms with Gasteiger partial charge in [0.25, 0.3) is 0 Å². The van der Waals surface area contributed by atoms with Gasteiger partial charge < -0.3 is 25.0 Å². The van der Waals surface area contributed by atoms with Gasteiger partial charge in [0.1, 0.15) is 12.7 Å². The molecule has 7 heteroatoms. The fourth-order valence-electron chi connectivity index (χ4n) is 3.65. The monoisotopic (exact) mass is 502 g/mol. The largest absolute Gasteiger partial charge is 0.486 e. The molecular weight excluding hydrogens is 467 g/mol. The summed E-state index contributed by atoms with van der Waals surface area (Å²) >= 11 is 0. The molecule has 1 aromatic rings. The van der Waals surface area contributed by atoms with E-state index >= 15 is 0 Å². The summed E-state index contributed by atoms with van der Waals surface area (Å²) in [5.74, 6) is 3.13. The quantitative estimate of drug-likeness (QED) is 0.356. The van der Waals surface area contributed by atoms with E-state index in [0.29, 0.717) is 25.1 Å². The molecule has 2 aliphatic rings. The molecule has 1 aromatic carbocycles. The van der Waals surface area contributed by atoms with Crippen LogP contribution in [0.15, 0.2) is 29.3 Å². The molecule has 28 heavy (non-hydrogen) atoms. The lowest BCUT2D eigenvalue weighted by atomic mass is 9.97. The maximum atomic E-state index is 6.02. The van der Waals surface area contributed by atoms with E-state index in [-0.39, 0.29) is 30.1 Å². The number of rotatable bonds is 6. The third-order valence-electron chi connectivity index (χ3n) is 5.20. The number of aliphatic imine (C=N–C) groups is 1. The van der Waals surface area contributed by atoms with Crippen molar-refractivity contribution >= 4 is 29.9 Å². The molecule has 1 fully saturated rings. The zero-order valence-corrected chi connectivity index (χ0v) is 19.6. The van der Waals surface area contributed by atoms with Crippen molar-refractivity contribution in [2.75, 3.05) is 39.3 Å². The van der Waals surface area contributed by atoms with Crippen LogP contribution in [0.1, 0.15) is 33.6 Å². The van der Waals surface area contributed by atoms with Gasteiger partial charge in [0.05, 0.1) is 6.54 Å². The SMILES string of the molecule is CCNC(=NCC1CCCN(C(C)C)C1)NCC1COc2ccccc2O1.I. The van der Waals surface area contributed by atoms with Crippen LogP contribution in [0.25, 0.3) is 0 Å². The highest BCUT2D eigenvalue weighted by Crippen LogP contribution is 2.30. The summed E-state index contributed by atoms with van der Waals surface area (Å²) in [4.78, 5) is 7.40. The fraction of sp³-hybridized carbons (Fsp3) is 0.667. The van der Waals surface area contributed by atoms with Gasteiger partial charge in [-0.2, -0.15) is 0 Å². The molecule has 0 aromatic heterocycles. The van der Waals surface area contributed by atoms with Crippen molar-refractivity contribution in [2.45, 2.75) is 45.8 Å². The van der Waals surface area contributed by atoms with Gasteiger partial charge >= 0.3 is 0 Å². The number of halogens is 1. The number of nitrogens with one attached hydrogen (secondary N) is 2. The summed E-state index contributed by atoms with van der Waals surface area (Å²) in [5.41, 5.74) is 0. The summed E-state index contributed by atoms with van der Waals surface area (Å²) in [6.07, 6.45) is 2.52. The molecule has 0 aliphatic carbocycles. The first-order valence-corrected chi connectivity index (χ1v) is 10.3. The van der Waals surface area contributed by atoms with E-state index in [0.717, 1.165) is 37.1 Å². The standard InChI is InChI=1S/C21H34N4O2.HI/c1-4-22-21(23-12-17-8-7-11-25(14-17)16(2)3)24-13-18-15-26-19-9-5-6-10-20(19)27-18;/h5-6,9-10,16-18H,4,7-8,11-15H2,1-3H3,(H2,22,23,24);1H. The first kappa shape index (κ1) is 23.1. The predicted octanol–water partition coefficient (Wildman–Crippen LogP) is 3.12. The number of fused-ring (bicyclic) bond motifs is 1. The lowest BCUT2D eigenvalue weighted by molar-refractivity contribution is 0.0936. The number of ether oxygens (including phenoxy) is 2. The van der Waals surface area contributed by atoms with Crippen molar-refractivity contribution < 1.29 is 9.47 Å². The Bertz CT molecular complexity index is 626. The molecule has 158 valence electrons. The molecule has 1 saturated heterocycles. The van der Waals surface area contributed by atoms with Crippen LogP contribution in [0.3, 0.4) is 0 Å². The Morgan fingerprint density at radius 2 is 2.04 bits per heavy atom. The Kier molecular flexibility index (Phi) is 9.64. The molecule has 3 rings (SSSR count). The van der Waals surface area contributed by atoms with Crippen LogP contribution in [0.2, 0.25) is 0 Å². The third-order valence-corrected chi connectivity index (χ3v) is 5.20. The van der Waals surface area contributed by atoms with Crippen molar-refractivity contribution in [3.05, 3.63) is 24.3 Å². The molecule has 0 spiro atoms. The normalized spacial score (nSPS) is 22.5. The van der Waals surface area contributed by atoms with Gasteiger partial charge in [0, 0.05) is 25.7 Å². The lowest BCUT2D eigenvalue weighted by Gasteiger charge is -2.34. The number of para-hydroxylation sites is 2. The van der Waals surface area contributed by atoms with Crippen molar-refractivity contribution in [3.8, 4) is 11.5 Å². The molecule has 6 nitrogen and oxygen atoms in total. The van der Waals surface area contributed by atoms with Crippen molar-refractivity contribution in [2.24, 2.45) is 10.9 Å². The molecule has 2 N–H and O–H groups in total. The van der Waals surface area contributed by atoms with Gasteiger partial charge in [-0.15, -0.1) is 24.0 Å². The molecule has 2 unspecified atom stereocenters. The van der Waals surface area contributed by atoms with E-state index in [2.05, 4.69) is 36.3 Å². The number of guanidine groups is 1. The summed E-state index contributed by atoms with van der Waals surface area (Å²) < 4.78 is 11.8. The molecule has 0 saturated carbocycles. The Hall–Kier alpha value is -1.22. The van der Waals surface area contributed by atoms with Gasteiger partial charge in [-0.1, -0.05) is 12.1 Å². The van der Waals surface area contributed by atoms with Crippen LogP contribution in [0.5, 0.6) is 11.5 Å². The number of likely N-dealkylation sites (tertiary alicyclic amines) is 1. The number of benzene rings is 1. The average Bonchev–Trinajstić information content (AvgIpc) is 2.70. The number of nitrogens with zero attached hydrogens (tertiary/aromatic N) is 2. The van der Waals surface area contributed by atoms with Crippen LogP contribution in [0.4, 0.5) is 0 Å². The highest BCUT2D eigenvalue weighted by Gasteiger charge is 2.22. The van der Waals surface area contributed by atoms with Gasteiger partial charge in [-0.05, 0) is 58.2 Å². The van der Waals surface area contributed by atoms with Gasteiger partial charge in [0.2, 0.25) is 0 Å². The lowest BCUT2D eigenvalue weighted by Crippen LogP contribution is -2.46. The third kappa shape index (κ3) is 6.69. The molecule has 2 aliphatic heterocycles. The van der Waals surface area contributed by atoms with E-state index in [1.54, 1.807) is 0 Å². The highest BCUT2D eigenvalue weighted by molar-refractivity contribution is 14.0. The summed E-state index contributed by atoms with van der Waals surface area (Å²) in [6.45, 7) is 12.0. The summed E-state index contributed by atoms with van der Waals surface area (Å²) in [7, 11) is 0. The van der Waals surface area contributed by atoms with Crippen LogP contribution in [-0.4, -0.2) is 62.3 Å². The molecular formula is C21H35IN4O2. The van der Waals surface area contributed by atoms with E-state index in [1.807, 2.05) is 24.3 Å². The molecule has 2 atom stereocenters. The second-order valence-electron chi connectivity index (χ2n) is 7.70. The van der Waals surface area contributed by atoms with Gasteiger partial charge in [-0.3, -0.25) is 4.99 Å². The Balaban J connectivity index is 0.00000280. The maximum Gasteiger partial charge on any atom is 0.191 e. The van der Waals surface area contributed by atoms with Gasteiger partial charge in [0.15, 0.2) is 17.5 Å². The molecule has 0 radical (unpaired) electrons. The minimum absolute atomic E-state index is 0. The smallest absolute Gasteiger partial charge is 0.191 e. The Morgan fingerprint density at radius 3 is 2.79 bits per heavy atom. The number of piperidine rings is 1. The van der Waals surface area contributed by atoms with Crippen LogP contribution < -0.4 is 20.1 Å². The second-order valence-corrected chi connectivity index (χ2v) is 7.70.